The second-order valence-corrected chi connectivity index (χ2v) is 8.95. The van der Waals surface area contributed by atoms with Crippen LogP contribution in [-0.2, 0) is 22.6 Å². The Bertz CT molecular complexity index is 511. The topological polar surface area (TPSA) is 0 Å². The highest BCUT2D eigenvalue weighted by Crippen LogP contribution is 2.48. The molecule has 0 nitrogen and oxygen atoms in total. The zero-order valence-corrected chi connectivity index (χ0v) is 16.8. The molecule has 0 saturated carbocycles. The first-order valence-corrected chi connectivity index (χ1v) is 10.2. The van der Waals surface area contributed by atoms with Gasteiger partial charge >= 0.3 is 0 Å². The van der Waals surface area contributed by atoms with Gasteiger partial charge in [0.15, 0.2) is 0 Å². The zero-order chi connectivity index (χ0) is 16.4. The van der Waals surface area contributed by atoms with E-state index in [1.807, 2.05) is 0 Å². The number of fused-ring (bicyclic) bond motifs is 1. The average molecular weight is 365 g/mol. The Balaban J connectivity index is 2.43. The van der Waals surface area contributed by atoms with E-state index in [2.05, 4.69) is 62.7 Å². The highest BCUT2D eigenvalue weighted by molar-refractivity contribution is 9.08. The van der Waals surface area contributed by atoms with Gasteiger partial charge in [0.1, 0.15) is 0 Å². The first-order chi connectivity index (χ1) is 10.3. The van der Waals surface area contributed by atoms with Gasteiger partial charge in [-0.1, -0.05) is 81.9 Å². The lowest BCUT2D eigenvalue weighted by Crippen LogP contribution is -2.35. The molecule has 0 spiro atoms. The van der Waals surface area contributed by atoms with Crippen molar-refractivity contribution in [1.29, 1.82) is 0 Å². The predicted octanol–water partition coefficient (Wildman–Crippen LogP) is 7.05. The van der Waals surface area contributed by atoms with Gasteiger partial charge in [0, 0.05) is 5.33 Å². The van der Waals surface area contributed by atoms with Gasteiger partial charge in [0.2, 0.25) is 0 Å². The monoisotopic (exact) mass is 364 g/mol. The van der Waals surface area contributed by atoms with Crippen LogP contribution in [0.1, 0.15) is 95.4 Å². The minimum absolute atomic E-state index is 0.321. The number of benzene rings is 1. The summed E-state index contributed by atoms with van der Waals surface area (Å²) in [6.45, 7) is 12.0. The number of aryl methyl sites for hydroxylation is 1. The number of hydrogen-bond donors (Lipinski definition) is 0. The van der Waals surface area contributed by atoms with Gasteiger partial charge in [0.25, 0.3) is 0 Å². The molecular weight excluding hydrogens is 332 g/mol. The smallest absolute Gasteiger partial charge is 0.0283 e. The van der Waals surface area contributed by atoms with Crippen LogP contribution in [0.5, 0.6) is 0 Å². The van der Waals surface area contributed by atoms with Crippen molar-refractivity contribution < 1.29 is 0 Å². The first-order valence-electron chi connectivity index (χ1n) is 9.04. The molecule has 0 unspecified atom stereocenters. The van der Waals surface area contributed by atoms with Crippen molar-refractivity contribution in [3.05, 3.63) is 34.4 Å². The number of halogens is 1. The molecule has 0 atom stereocenters. The molecule has 1 aliphatic rings. The summed E-state index contributed by atoms with van der Waals surface area (Å²) in [6.07, 6.45) is 9.25. The summed E-state index contributed by atoms with van der Waals surface area (Å²) >= 11 is 3.68. The Labute approximate surface area is 146 Å². The molecule has 0 amide bonds. The highest BCUT2D eigenvalue weighted by atomic mass is 79.9. The van der Waals surface area contributed by atoms with Gasteiger partial charge in [0.05, 0.1) is 0 Å². The lowest BCUT2D eigenvalue weighted by atomic mass is 9.61. The third-order valence-corrected chi connectivity index (χ3v) is 6.16. The van der Waals surface area contributed by atoms with Gasteiger partial charge in [-0.2, -0.15) is 0 Å². The SMILES string of the molecule is CCCCCCc1cc(CBr)cc2c1C(C)(C)CCC2(C)C. The summed E-state index contributed by atoms with van der Waals surface area (Å²) in [5.41, 5.74) is 7.02. The number of rotatable bonds is 6. The zero-order valence-electron chi connectivity index (χ0n) is 15.2. The lowest BCUT2D eigenvalue weighted by molar-refractivity contribution is 0.329. The molecule has 0 N–H and O–H groups in total. The van der Waals surface area contributed by atoms with Crippen LogP contribution in [0, 0.1) is 0 Å². The highest BCUT2D eigenvalue weighted by Gasteiger charge is 2.38. The molecule has 1 heteroatoms. The quantitative estimate of drug-likeness (QED) is 0.374. The van der Waals surface area contributed by atoms with Gasteiger partial charge in [-0.3, -0.25) is 0 Å². The van der Waals surface area contributed by atoms with Crippen LogP contribution in [0.2, 0.25) is 0 Å². The molecule has 0 aromatic heterocycles. The largest absolute Gasteiger partial charge is 0.0876 e. The van der Waals surface area contributed by atoms with E-state index < -0.39 is 0 Å². The van der Waals surface area contributed by atoms with Crippen LogP contribution < -0.4 is 0 Å². The van der Waals surface area contributed by atoms with E-state index in [0.29, 0.717) is 10.8 Å². The van der Waals surface area contributed by atoms with E-state index in [-0.39, 0.29) is 0 Å². The minimum Gasteiger partial charge on any atom is -0.0876 e. The second kappa shape index (κ2) is 7.07. The Hall–Kier alpha value is -0.300. The van der Waals surface area contributed by atoms with Gasteiger partial charge in [-0.25, -0.2) is 0 Å². The van der Waals surface area contributed by atoms with Crippen molar-refractivity contribution in [1.82, 2.24) is 0 Å². The van der Waals surface area contributed by atoms with Crippen molar-refractivity contribution in [3.63, 3.8) is 0 Å². The standard InChI is InChI=1S/C21H33Br/c1-6-7-8-9-10-17-13-16(15-22)14-18-19(17)21(4,5)12-11-20(18,2)3/h13-14H,6-12,15H2,1-5H3. The normalized spacial score (nSPS) is 19.0. The van der Waals surface area contributed by atoms with Crippen molar-refractivity contribution in [2.45, 2.75) is 95.7 Å². The van der Waals surface area contributed by atoms with Crippen LogP contribution in [-0.4, -0.2) is 0 Å². The van der Waals surface area contributed by atoms with E-state index in [9.17, 15) is 0 Å². The lowest BCUT2D eigenvalue weighted by Gasteiger charge is -2.43. The van der Waals surface area contributed by atoms with Crippen molar-refractivity contribution in [3.8, 4) is 0 Å². The van der Waals surface area contributed by atoms with Gasteiger partial charge in [-0.05, 0) is 58.8 Å². The van der Waals surface area contributed by atoms with Crippen molar-refractivity contribution in [2.24, 2.45) is 0 Å². The summed E-state index contributed by atoms with van der Waals surface area (Å²) in [4.78, 5) is 0. The summed E-state index contributed by atoms with van der Waals surface area (Å²) in [7, 11) is 0. The molecular formula is C21H33Br. The van der Waals surface area contributed by atoms with E-state index in [1.54, 1.807) is 16.7 Å². The first kappa shape index (κ1) is 18.0. The van der Waals surface area contributed by atoms with Crippen LogP contribution in [0.15, 0.2) is 12.1 Å². The van der Waals surface area contributed by atoms with Crippen LogP contribution in [0.3, 0.4) is 0 Å². The van der Waals surface area contributed by atoms with E-state index >= 15 is 0 Å². The molecule has 124 valence electrons. The van der Waals surface area contributed by atoms with Crippen molar-refractivity contribution >= 4 is 15.9 Å². The third-order valence-electron chi connectivity index (χ3n) is 5.51. The Morgan fingerprint density at radius 2 is 1.64 bits per heavy atom. The maximum atomic E-state index is 3.68. The van der Waals surface area contributed by atoms with Crippen LogP contribution in [0.4, 0.5) is 0 Å². The maximum Gasteiger partial charge on any atom is 0.0283 e. The number of hydrogen-bond acceptors (Lipinski definition) is 0. The minimum atomic E-state index is 0.321. The molecule has 0 heterocycles. The molecule has 0 bridgehead atoms. The maximum absolute atomic E-state index is 3.68. The summed E-state index contributed by atoms with van der Waals surface area (Å²) < 4.78 is 0. The summed E-state index contributed by atoms with van der Waals surface area (Å²) in [6, 6.07) is 4.95. The molecule has 1 aliphatic carbocycles. The Morgan fingerprint density at radius 3 is 2.27 bits per heavy atom. The molecule has 2 rings (SSSR count). The molecule has 0 saturated heterocycles. The van der Waals surface area contributed by atoms with E-state index in [1.165, 1.54) is 50.5 Å². The third kappa shape index (κ3) is 3.78. The van der Waals surface area contributed by atoms with Gasteiger partial charge in [-0.15, -0.1) is 0 Å². The van der Waals surface area contributed by atoms with Gasteiger partial charge < -0.3 is 0 Å². The number of unbranched alkanes of at least 4 members (excludes halogenated alkanes) is 3. The van der Waals surface area contributed by atoms with Crippen LogP contribution in [0.25, 0.3) is 0 Å². The Morgan fingerprint density at radius 1 is 0.955 bits per heavy atom. The fourth-order valence-corrected chi connectivity index (χ4v) is 4.33. The fraction of sp³-hybridized carbons (Fsp3) is 0.714. The molecule has 0 fully saturated rings. The van der Waals surface area contributed by atoms with Crippen molar-refractivity contribution in [2.75, 3.05) is 0 Å². The van der Waals surface area contributed by atoms with E-state index in [4.69, 9.17) is 0 Å². The summed E-state index contributed by atoms with van der Waals surface area (Å²) in [5, 5.41) is 0.971. The average Bonchev–Trinajstić information content (AvgIpc) is 2.47. The number of alkyl halides is 1. The van der Waals surface area contributed by atoms with Crippen LogP contribution >= 0.6 is 15.9 Å². The molecule has 0 radical (unpaired) electrons. The molecule has 1 aromatic rings. The molecule has 1 aromatic carbocycles. The van der Waals surface area contributed by atoms with E-state index in [0.717, 1.165) is 5.33 Å². The molecule has 0 aliphatic heterocycles. The molecule has 22 heavy (non-hydrogen) atoms. The second-order valence-electron chi connectivity index (χ2n) is 8.39. The fourth-order valence-electron chi connectivity index (χ4n) is 4.00. The summed E-state index contributed by atoms with van der Waals surface area (Å²) in [5.74, 6) is 0. The Kier molecular flexibility index (Phi) is 5.80. The predicted molar refractivity (Wildman–Crippen MR) is 102 cm³/mol.